The van der Waals surface area contributed by atoms with Gasteiger partial charge in [-0.15, -0.1) is 0 Å². The van der Waals surface area contributed by atoms with Crippen molar-refractivity contribution >= 4 is 0 Å². The summed E-state index contributed by atoms with van der Waals surface area (Å²) in [7, 11) is 0. The summed E-state index contributed by atoms with van der Waals surface area (Å²) >= 11 is 0. The average molecular weight is 231 g/mol. The normalized spacial score (nSPS) is 21.1. The molecule has 0 aliphatic heterocycles. The molecule has 0 saturated heterocycles. The zero-order chi connectivity index (χ0) is 12.1. The van der Waals surface area contributed by atoms with Crippen LogP contribution in [0.2, 0.25) is 0 Å². The van der Waals surface area contributed by atoms with Crippen molar-refractivity contribution in [2.45, 2.75) is 58.0 Å². The lowest BCUT2D eigenvalue weighted by molar-refractivity contribution is 0.268. The Labute approximate surface area is 106 Å². The maximum Gasteiger partial charge on any atom is 0.0294 e. The fraction of sp³-hybridized carbons (Fsp3) is 0.625. The van der Waals surface area contributed by atoms with Crippen molar-refractivity contribution in [2.75, 3.05) is 0 Å². The van der Waals surface area contributed by atoms with Crippen LogP contribution in [-0.4, -0.2) is 6.04 Å². The molecule has 0 radical (unpaired) electrons. The Morgan fingerprint density at radius 3 is 2.29 bits per heavy atom. The van der Waals surface area contributed by atoms with Gasteiger partial charge in [0.2, 0.25) is 0 Å². The third-order valence-corrected chi connectivity index (χ3v) is 4.17. The standard InChI is InChI=1S/C16H25N/c1-13(15-9-5-3-6-10-15)17-14(2)16-11-7-4-8-12-16/h3,5-6,9-10,13-14,16-17H,4,7-8,11-12H2,1-2H3/t13?,14-/m1/s1. The van der Waals surface area contributed by atoms with Gasteiger partial charge in [0.15, 0.2) is 0 Å². The summed E-state index contributed by atoms with van der Waals surface area (Å²) in [5, 5.41) is 3.77. The molecule has 1 aliphatic carbocycles. The van der Waals surface area contributed by atoms with Gasteiger partial charge in [-0.2, -0.15) is 0 Å². The van der Waals surface area contributed by atoms with E-state index in [4.69, 9.17) is 0 Å². The highest BCUT2D eigenvalue weighted by Crippen LogP contribution is 2.27. The second kappa shape index (κ2) is 6.20. The summed E-state index contributed by atoms with van der Waals surface area (Å²) in [6, 6.07) is 11.9. The Morgan fingerprint density at radius 1 is 1.00 bits per heavy atom. The topological polar surface area (TPSA) is 12.0 Å². The predicted octanol–water partition coefficient (Wildman–Crippen LogP) is 4.31. The van der Waals surface area contributed by atoms with Gasteiger partial charge in [0, 0.05) is 12.1 Å². The van der Waals surface area contributed by atoms with E-state index in [1.165, 1.54) is 37.7 Å². The van der Waals surface area contributed by atoms with Gasteiger partial charge in [-0.05, 0) is 38.2 Å². The lowest BCUT2D eigenvalue weighted by atomic mass is 9.84. The summed E-state index contributed by atoms with van der Waals surface area (Å²) in [5.41, 5.74) is 1.40. The number of hydrogen-bond donors (Lipinski definition) is 1. The second-order valence-corrected chi connectivity index (χ2v) is 5.49. The molecule has 94 valence electrons. The molecule has 1 aromatic carbocycles. The predicted molar refractivity (Wildman–Crippen MR) is 74.0 cm³/mol. The van der Waals surface area contributed by atoms with Crippen LogP contribution in [0, 0.1) is 5.92 Å². The highest BCUT2D eigenvalue weighted by atomic mass is 14.9. The SMILES string of the molecule is CC(N[C@H](C)C1CCCCC1)c1ccccc1. The first kappa shape index (κ1) is 12.6. The minimum Gasteiger partial charge on any atom is -0.307 e. The zero-order valence-corrected chi connectivity index (χ0v) is 11.2. The quantitative estimate of drug-likeness (QED) is 0.814. The monoisotopic (exact) mass is 231 g/mol. The van der Waals surface area contributed by atoms with Crippen LogP contribution in [0.4, 0.5) is 0 Å². The lowest BCUT2D eigenvalue weighted by Gasteiger charge is -2.30. The van der Waals surface area contributed by atoms with Crippen LogP contribution >= 0.6 is 0 Å². The first-order chi connectivity index (χ1) is 8.27. The van der Waals surface area contributed by atoms with E-state index in [2.05, 4.69) is 49.5 Å². The molecule has 0 aromatic heterocycles. The molecule has 0 heterocycles. The van der Waals surface area contributed by atoms with Gasteiger partial charge in [-0.25, -0.2) is 0 Å². The number of nitrogens with one attached hydrogen (secondary N) is 1. The molecule has 0 amide bonds. The highest BCUT2D eigenvalue weighted by molar-refractivity contribution is 5.18. The van der Waals surface area contributed by atoms with Crippen molar-refractivity contribution in [2.24, 2.45) is 5.92 Å². The fourth-order valence-corrected chi connectivity index (χ4v) is 3.00. The summed E-state index contributed by atoms with van der Waals surface area (Å²) in [4.78, 5) is 0. The third kappa shape index (κ3) is 3.57. The van der Waals surface area contributed by atoms with E-state index in [-0.39, 0.29) is 0 Å². The van der Waals surface area contributed by atoms with Crippen molar-refractivity contribution in [3.63, 3.8) is 0 Å². The van der Waals surface area contributed by atoms with Crippen molar-refractivity contribution in [3.8, 4) is 0 Å². The molecule has 1 aromatic rings. The Morgan fingerprint density at radius 2 is 1.65 bits per heavy atom. The smallest absolute Gasteiger partial charge is 0.0294 e. The first-order valence-electron chi connectivity index (χ1n) is 7.08. The molecule has 2 rings (SSSR count). The molecule has 1 fully saturated rings. The van der Waals surface area contributed by atoms with Gasteiger partial charge in [0.05, 0.1) is 0 Å². The van der Waals surface area contributed by atoms with Crippen LogP contribution in [-0.2, 0) is 0 Å². The Balaban J connectivity index is 1.87. The summed E-state index contributed by atoms with van der Waals surface area (Å²) in [6.45, 7) is 4.63. The van der Waals surface area contributed by atoms with Gasteiger partial charge in [-0.1, -0.05) is 49.6 Å². The van der Waals surface area contributed by atoms with E-state index in [0.717, 1.165) is 5.92 Å². The molecule has 1 nitrogen and oxygen atoms in total. The van der Waals surface area contributed by atoms with Crippen molar-refractivity contribution in [3.05, 3.63) is 35.9 Å². The molecule has 1 heteroatoms. The molecule has 0 bridgehead atoms. The van der Waals surface area contributed by atoms with Gasteiger partial charge in [0.25, 0.3) is 0 Å². The van der Waals surface area contributed by atoms with Crippen molar-refractivity contribution in [1.29, 1.82) is 0 Å². The third-order valence-electron chi connectivity index (χ3n) is 4.17. The summed E-state index contributed by atoms with van der Waals surface area (Å²) in [5.74, 6) is 0.884. The molecule has 1 aliphatic rings. The highest BCUT2D eigenvalue weighted by Gasteiger charge is 2.21. The molecular weight excluding hydrogens is 206 g/mol. The average Bonchev–Trinajstić information content (AvgIpc) is 2.40. The summed E-state index contributed by atoms with van der Waals surface area (Å²) < 4.78 is 0. The number of hydrogen-bond acceptors (Lipinski definition) is 1. The van der Waals surface area contributed by atoms with Crippen LogP contribution in [0.15, 0.2) is 30.3 Å². The first-order valence-corrected chi connectivity index (χ1v) is 7.08. The minimum atomic E-state index is 0.466. The molecule has 17 heavy (non-hydrogen) atoms. The molecular formula is C16H25N. The van der Waals surface area contributed by atoms with Crippen LogP contribution in [0.3, 0.4) is 0 Å². The summed E-state index contributed by atoms with van der Waals surface area (Å²) in [6.07, 6.45) is 7.12. The maximum absolute atomic E-state index is 3.77. The Bertz CT molecular complexity index is 314. The van der Waals surface area contributed by atoms with Gasteiger partial charge in [0.1, 0.15) is 0 Å². The molecule has 0 spiro atoms. The zero-order valence-electron chi connectivity index (χ0n) is 11.2. The van der Waals surface area contributed by atoms with Crippen LogP contribution in [0.1, 0.15) is 57.6 Å². The molecule has 1 unspecified atom stereocenters. The van der Waals surface area contributed by atoms with E-state index in [9.17, 15) is 0 Å². The van der Waals surface area contributed by atoms with Gasteiger partial charge in [-0.3, -0.25) is 0 Å². The molecule has 2 atom stereocenters. The van der Waals surface area contributed by atoms with E-state index in [1.807, 2.05) is 0 Å². The molecule has 1 saturated carbocycles. The minimum absolute atomic E-state index is 0.466. The van der Waals surface area contributed by atoms with Gasteiger partial charge >= 0.3 is 0 Å². The van der Waals surface area contributed by atoms with E-state index < -0.39 is 0 Å². The van der Waals surface area contributed by atoms with E-state index in [0.29, 0.717) is 12.1 Å². The second-order valence-electron chi connectivity index (χ2n) is 5.49. The van der Waals surface area contributed by atoms with Crippen LogP contribution in [0.25, 0.3) is 0 Å². The Kier molecular flexibility index (Phi) is 4.61. The van der Waals surface area contributed by atoms with E-state index in [1.54, 1.807) is 0 Å². The fourth-order valence-electron chi connectivity index (χ4n) is 3.00. The van der Waals surface area contributed by atoms with Crippen molar-refractivity contribution < 1.29 is 0 Å². The Hall–Kier alpha value is -0.820. The van der Waals surface area contributed by atoms with Crippen LogP contribution < -0.4 is 5.32 Å². The van der Waals surface area contributed by atoms with E-state index >= 15 is 0 Å². The number of benzene rings is 1. The lowest BCUT2D eigenvalue weighted by Crippen LogP contribution is -2.36. The molecule has 1 N–H and O–H groups in total. The van der Waals surface area contributed by atoms with Gasteiger partial charge < -0.3 is 5.32 Å². The number of rotatable bonds is 4. The van der Waals surface area contributed by atoms with Crippen LogP contribution in [0.5, 0.6) is 0 Å². The van der Waals surface area contributed by atoms with Crippen molar-refractivity contribution in [1.82, 2.24) is 5.32 Å². The largest absolute Gasteiger partial charge is 0.307 e. The maximum atomic E-state index is 3.77.